The van der Waals surface area contributed by atoms with E-state index in [2.05, 4.69) is 13.2 Å². The summed E-state index contributed by atoms with van der Waals surface area (Å²) in [6, 6.07) is 0. The van der Waals surface area contributed by atoms with Crippen LogP contribution < -0.4 is 0 Å². The van der Waals surface area contributed by atoms with Gasteiger partial charge in [-0.25, -0.2) is 0 Å². The summed E-state index contributed by atoms with van der Waals surface area (Å²) in [4.78, 5) is 11.6. The van der Waals surface area contributed by atoms with E-state index in [1.165, 1.54) is 0 Å². The van der Waals surface area contributed by atoms with Crippen molar-refractivity contribution in [1.82, 2.24) is 0 Å². The van der Waals surface area contributed by atoms with Crippen molar-refractivity contribution in [2.45, 2.75) is 24.6 Å². The molecule has 0 aliphatic carbocycles. The molecule has 0 heterocycles. The summed E-state index contributed by atoms with van der Waals surface area (Å²) in [5.74, 6) is -6.35. The molecule has 0 bridgehead atoms. The summed E-state index contributed by atoms with van der Waals surface area (Å²) in [5, 5.41) is 17.9. The van der Waals surface area contributed by atoms with Crippen molar-refractivity contribution in [3.8, 4) is 0 Å². The Kier molecular flexibility index (Phi) is 5.97. The highest BCUT2D eigenvalue weighted by Gasteiger charge is 2.50. The maximum absolute atomic E-state index is 12.3. The number of hydrogen-bond acceptors (Lipinski definition) is 3. The molecule has 0 aromatic rings. The minimum absolute atomic E-state index is 0.375. The largest absolute Gasteiger partial charge is 0.415 e. The Morgan fingerprint density at radius 3 is 1.25 bits per heavy atom. The van der Waals surface area contributed by atoms with E-state index in [1.54, 1.807) is 0 Å². The van der Waals surface area contributed by atoms with Gasteiger partial charge in [-0.1, -0.05) is 12.2 Å². The Bertz CT molecular complexity index is 339. The fraction of sp³-hybridized carbons (Fsp3) is 0.545. The molecule has 4 atom stereocenters. The van der Waals surface area contributed by atoms with E-state index in [1.807, 2.05) is 0 Å². The molecule has 0 radical (unpaired) electrons. The van der Waals surface area contributed by atoms with Crippen molar-refractivity contribution < 1.29 is 41.4 Å². The molecule has 0 aliphatic heterocycles. The molecule has 2 unspecified atom stereocenters. The number of carbonyl (C=O) groups excluding carboxylic acids is 1. The van der Waals surface area contributed by atoms with Crippen LogP contribution >= 0.6 is 0 Å². The van der Waals surface area contributed by atoms with Crippen LogP contribution in [-0.4, -0.2) is 40.6 Å². The van der Waals surface area contributed by atoms with Crippen LogP contribution in [0, 0.1) is 11.8 Å². The van der Waals surface area contributed by atoms with Crippen molar-refractivity contribution in [2.24, 2.45) is 11.8 Å². The maximum atomic E-state index is 12.3. The number of carbonyl (C=O) groups is 1. The predicted octanol–water partition coefficient (Wildman–Crippen LogP) is 2.01. The first kappa shape index (κ1) is 18.7. The van der Waals surface area contributed by atoms with Crippen molar-refractivity contribution in [3.63, 3.8) is 0 Å². The topological polar surface area (TPSA) is 57.5 Å². The van der Waals surface area contributed by atoms with Crippen LogP contribution in [0.4, 0.5) is 26.3 Å². The first-order valence-corrected chi connectivity index (χ1v) is 5.16. The lowest BCUT2D eigenvalue weighted by Crippen LogP contribution is -2.46. The highest BCUT2D eigenvalue weighted by Crippen LogP contribution is 2.32. The molecule has 0 saturated carbocycles. The second-order valence-corrected chi connectivity index (χ2v) is 3.90. The zero-order valence-electron chi connectivity index (χ0n) is 9.95. The van der Waals surface area contributed by atoms with E-state index in [-0.39, 0.29) is 0 Å². The van der Waals surface area contributed by atoms with E-state index in [0.717, 1.165) is 0 Å². The monoisotopic (exact) mass is 306 g/mol. The molecule has 0 aromatic carbocycles. The van der Waals surface area contributed by atoms with Crippen LogP contribution in [-0.2, 0) is 4.79 Å². The number of ketones is 1. The van der Waals surface area contributed by atoms with Gasteiger partial charge >= 0.3 is 12.4 Å². The molecule has 20 heavy (non-hydrogen) atoms. The third-order valence-electron chi connectivity index (χ3n) is 2.52. The molecule has 0 aliphatic rings. The number of aliphatic hydroxyl groups is 2. The third kappa shape index (κ3) is 4.34. The van der Waals surface area contributed by atoms with Gasteiger partial charge in [-0.15, -0.1) is 13.2 Å². The Morgan fingerprint density at radius 2 is 1.10 bits per heavy atom. The van der Waals surface area contributed by atoms with E-state index >= 15 is 0 Å². The SMILES string of the molecule is C=C[C@H](C(=O)[C@@H](C=C)C(O)C(F)(F)F)C(O)C(F)(F)F. The zero-order chi connectivity index (χ0) is 16.3. The van der Waals surface area contributed by atoms with Gasteiger partial charge in [0, 0.05) is 0 Å². The molecule has 0 amide bonds. The molecule has 0 fully saturated rings. The van der Waals surface area contributed by atoms with E-state index in [0.29, 0.717) is 12.2 Å². The molecule has 0 aromatic heterocycles. The number of halogens is 6. The number of alkyl halides is 6. The summed E-state index contributed by atoms with van der Waals surface area (Å²) >= 11 is 0. The molecule has 116 valence electrons. The van der Waals surface area contributed by atoms with Crippen LogP contribution in [0.5, 0.6) is 0 Å². The van der Waals surface area contributed by atoms with Gasteiger partial charge in [0.25, 0.3) is 0 Å². The lowest BCUT2D eigenvalue weighted by molar-refractivity contribution is -0.224. The Hall–Kier alpha value is -1.35. The molecule has 0 spiro atoms. The van der Waals surface area contributed by atoms with Crippen molar-refractivity contribution in [3.05, 3.63) is 25.3 Å². The summed E-state index contributed by atoms with van der Waals surface area (Å²) < 4.78 is 73.7. The molecule has 0 rings (SSSR count). The quantitative estimate of drug-likeness (QED) is 0.583. The maximum Gasteiger partial charge on any atom is 0.415 e. The Balaban J connectivity index is 5.36. The van der Waals surface area contributed by atoms with Gasteiger partial charge in [-0.05, 0) is 0 Å². The molecule has 3 nitrogen and oxygen atoms in total. The van der Waals surface area contributed by atoms with Crippen LogP contribution in [0.1, 0.15) is 0 Å². The van der Waals surface area contributed by atoms with E-state index in [4.69, 9.17) is 10.2 Å². The summed E-state index contributed by atoms with van der Waals surface area (Å²) in [7, 11) is 0. The summed E-state index contributed by atoms with van der Waals surface area (Å²) in [6.07, 6.45) is -16.1. The molecular weight excluding hydrogens is 294 g/mol. The van der Waals surface area contributed by atoms with Gasteiger partial charge < -0.3 is 10.2 Å². The van der Waals surface area contributed by atoms with Gasteiger partial charge in [0.2, 0.25) is 0 Å². The average molecular weight is 306 g/mol. The van der Waals surface area contributed by atoms with E-state index in [9.17, 15) is 31.1 Å². The number of rotatable bonds is 6. The number of Topliss-reactive ketones (excluding diaryl/α,β-unsaturated/α-hetero) is 1. The smallest absolute Gasteiger partial charge is 0.383 e. The van der Waals surface area contributed by atoms with Crippen molar-refractivity contribution >= 4 is 5.78 Å². The summed E-state index contributed by atoms with van der Waals surface area (Å²) in [5.41, 5.74) is 0. The zero-order valence-corrected chi connectivity index (χ0v) is 9.95. The first-order chi connectivity index (χ1) is 8.87. The van der Waals surface area contributed by atoms with Crippen LogP contribution in [0.2, 0.25) is 0 Å². The Morgan fingerprint density at radius 1 is 0.850 bits per heavy atom. The average Bonchev–Trinajstić information content (AvgIpc) is 2.28. The lowest BCUT2D eigenvalue weighted by Gasteiger charge is -2.27. The first-order valence-electron chi connectivity index (χ1n) is 5.16. The molecular formula is C11H12F6O3. The third-order valence-corrected chi connectivity index (χ3v) is 2.52. The van der Waals surface area contributed by atoms with Crippen molar-refractivity contribution in [2.75, 3.05) is 0 Å². The lowest BCUT2D eigenvalue weighted by atomic mass is 9.85. The number of aliphatic hydroxyl groups excluding tert-OH is 2. The fourth-order valence-electron chi connectivity index (χ4n) is 1.43. The highest BCUT2D eigenvalue weighted by molar-refractivity contribution is 5.87. The van der Waals surface area contributed by atoms with Gasteiger partial charge in [-0.2, -0.15) is 26.3 Å². The minimum Gasteiger partial charge on any atom is -0.383 e. The van der Waals surface area contributed by atoms with Crippen LogP contribution in [0.3, 0.4) is 0 Å². The van der Waals surface area contributed by atoms with Crippen LogP contribution in [0.15, 0.2) is 25.3 Å². The predicted molar refractivity (Wildman–Crippen MR) is 56.5 cm³/mol. The molecule has 2 N–H and O–H groups in total. The molecule has 0 saturated heterocycles. The molecule has 9 heteroatoms. The summed E-state index contributed by atoms with van der Waals surface area (Å²) in [6.45, 7) is 5.75. The highest BCUT2D eigenvalue weighted by atomic mass is 19.4. The van der Waals surface area contributed by atoms with Gasteiger partial charge in [0.1, 0.15) is 0 Å². The fourth-order valence-corrected chi connectivity index (χ4v) is 1.43. The van der Waals surface area contributed by atoms with Gasteiger partial charge in [-0.3, -0.25) is 4.79 Å². The normalized spacial score (nSPS) is 18.8. The van der Waals surface area contributed by atoms with E-state index < -0.39 is 42.2 Å². The van der Waals surface area contributed by atoms with Crippen LogP contribution in [0.25, 0.3) is 0 Å². The second kappa shape index (κ2) is 6.40. The van der Waals surface area contributed by atoms with Crippen molar-refractivity contribution in [1.29, 1.82) is 0 Å². The number of hydrogen-bond donors (Lipinski definition) is 2. The van der Waals surface area contributed by atoms with Gasteiger partial charge in [0.15, 0.2) is 18.0 Å². The van der Waals surface area contributed by atoms with Gasteiger partial charge in [0.05, 0.1) is 11.8 Å². The Labute approximate surface area is 110 Å². The standard InChI is InChI=1S/C11H12F6O3/c1-3-5(8(19)10(12,13)14)7(18)6(4-2)9(20)11(15,16)17/h3-6,8-9,19-20H,1-2H2/t5-,6-,8?,9?/m1/s1. The minimum atomic E-state index is -5.22. The second-order valence-electron chi connectivity index (χ2n) is 3.90.